The number of hydrogen-bond donors (Lipinski definition) is 1. The molecule has 2 amide bonds. The molecular weight excluding hydrogens is 308 g/mol. The van der Waals surface area contributed by atoms with Crippen LogP contribution in [0.5, 0.6) is 0 Å². The molecule has 22 heavy (non-hydrogen) atoms. The third kappa shape index (κ3) is 3.97. The smallest absolute Gasteiger partial charge is 0.254 e. The maximum absolute atomic E-state index is 12.6. The zero-order chi connectivity index (χ0) is 16.2. The normalized spacial score (nSPS) is 22.2. The summed E-state index contributed by atoms with van der Waals surface area (Å²) in [5, 5.41) is 0.565. The minimum Gasteiger partial charge on any atom is -0.377 e. The molecule has 1 heterocycles. The lowest BCUT2D eigenvalue weighted by molar-refractivity contribution is -0.129. The highest BCUT2D eigenvalue weighted by Gasteiger charge is 2.38. The van der Waals surface area contributed by atoms with Gasteiger partial charge in [-0.1, -0.05) is 11.6 Å². The average molecular weight is 327 g/mol. The van der Waals surface area contributed by atoms with Gasteiger partial charge in [-0.15, -0.1) is 0 Å². The van der Waals surface area contributed by atoms with Gasteiger partial charge >= 0.3 is 0 Å². The summed E-state index contributed by atoms with van der Waals surface area (Å²) in [5.74, 6) is -0.653. The largest absolute Gasteiger partial charge is 0.377 e. The van der Waals surface area contributed by atoms with Crippen molar-refractivity contribution in [2.75, 3.05) is 33.4 Å². The zero-order valence-corrected chi connectivity index (χ0v) is 13.1. The Morgan fingerprint density at radius 3 is 2.68 bits per heavy atom. The molecule has 2 rings (SSSR count). The van der Waals surface area contributed by atoms with Crippen molar-refractivity contribution >= 4 is 23.4 Å². The van der Waals surface area contributed by atoms with Gasteiger partial charge in [0.25, 0.3) is 5.91 Å². The molecular formula is C15H19ClN2O4. The van der Waals surface area contributed by atoms with Crippen LogP contribution in [0.4, 0.5) is 0 Å². The molecule has 6 nitrogen and oxygen atoms in total. The first-order chi connectivity index (χ1) is 10.5. The highest BCUT2D eigenvalue weighted by molar-refractivity contribution is 6.30. The number of nitrogens with zero attached hydrogens (tertiary/aromatic N) is 1. The maximum Gasteiger partial charge on any atom is 0.254 e. The first-order valence-corrected chi connectivity index (χ1v) is 7.30. The summed E-state index contributed by atoms with van der Waals surface area (Å²) < 4.78 is 11.0. The molecule has 0 spiro atoms. The van der Waals surface area contributed by atoms with E-state index in [2.05, 4.69) is 0 Å². The van der Waals surface area contributed by atoms with E-state index in [1.807, 2.05) is 0 Å². The molecule has 0 aliphatic carbocycles. The predicted octanol–water partition coefficient (Wildman–Crippen LogP) is 1.07. The fraction of sp³-hybridized carbons (Fsp3) is 0.467. The van der Waals surface area contributed by atoms with Crippen molar-refractivity contribution in [1.82, 2.24) is 4.90 Å². The predicted molar refractivity (Wildman–Crippen MR) is 81.7 cm³/mol. The molecule has 7 heteroatoms. The van der Waals surface area contributed by atoms with Gasteiger partial charge in [0.2, 0.25) is 5.91 Å². The number of methoxy groups -OCH3 is 1. The van der Waals surface area contributed by atoms with Gasteiger partial charge in [0.15, 0.2) is 0 Å². The summed E-state index contributed by atoms with van der Waals surface area (Å²) in [4.78, 5) is 25.5. The molecule has 0 saturated carbocycles. The first kappa shape index (κ1) is 16.7. The molecule has 1 saturated heterocycles. The molecule has 2 N–H and O–H groups in total. The van der Waals surface area contributed by atoms with Crippen molar-refractivity contribution in [3.05, 3.63) is 34.9 Å². The van der Waals surface area contributed by atoms with Gasteiger partial charge in [0.05, 0.1) is 26.2 Å². The van der Waals surface area contributed by atoms with E-state index in [4.69, 9.17) is 26.8 Å². The SMILES string of the molecule is CO[C@]1(CC(N)=O)COCCN(C(=O)c2ccc(Cl)cc2)C1. The van der Waals surface area contributed by atoms with Crippen molar-refractivity contribution in [2.45, 2.75) is 12.0 Å². The average Bonchev–Trinajstić information content (AvgIpc) is 2.70. The number of halogens is 1. The molecule has 1 fully saturated rings. The lowest BCUT2D eigenvalue weighted by atomic mass is 9.99. The fourth-order valence-corrected chi connectivity index (χ4v) is 2.60. The maximum atomic E-state index is 12.6. The molecule has 1 aliphatic heterocycles. The summed E-state index contributed by atoms with van der Waals surface area (Å²) >= 11 is 5.84. The number of rotatable bonds is 4. The van der Waals surface area contributed by atoms with Crippen molar-refractivity contribution < 1.29 is 19.1 Å². The van der Waals surface area contributed by atoms with Crippen LogP contribution in [0.25, 0.3) is 0 Å². The number of carbonyl (C=O) groups is 2. The van der Waals surface area contributed by atoms with Crippen LogP contribution in [0, 0.1) is 0 Å². The Balaban J connectivity index is 2.20. The zero-order valence-electron chi connectivity index (χ0n) is 12.4. The third-order valence-corrected chi connectivity index (χ3v) is 3.91. The molecule has 0 radical (unpaired) electrons. The van der Waals surface area contributed by atoms with Crippen LogP contribution in [-0.2, 0) is 14.3 Å². The lowest BCUT2D eigenvalue weighted by Crippen LogP contribution is -2.50. The standard InChI is InChI=1S/C15H19ClN2O4/c1-21-15(8-13(17)19)9-18(6-7-22-10-15)14(20)11-2-4-12(16)5-3-11/h2-5H,6-10H2,1H3,(H2,17,19)/t15-/m0/s1. The van der Waals surface area contributed by atoms with E-state index in [0.29, 0.717) is 23.7 Å². The van der Waals surface area contributed by atoms with Gasteiger partial charge in [-0.2, -0.15) is 0 Å². The number of hydrogen-bond acceptors (Lipinski definition) is 4. The minimum atomic E-state index is -0.912. The Bertz CT molecular complexity index is 549. The van der Waals surface area contributed by atoms with Crippen molar-refractivity contribution in [3.63, 3.8) is 0 Å². The number of ether oxygens (including phenoxy) is 2. The van der Waals surface area contributed by atoms with Crippen molar-refractivity contribution in [3.8, 4) is 0 Å². The van der Waals surface area contributed by atoms with Crippen LogP contribution in [-0.4, -0.2) is 55.7 Å². The molecule has 120 valence electrons. The summed E-state index contributed by atoms with van der Waals surface area (Å²) in [7, 11) is 1.49. The molecule has 1 atom stereocenters. The fourth-order valence-electron chi connectivity index (χ4n) is 2.47. The highest BCUT2D eigenvalue weighted by Crippen LogP contribution is 2.22. The molecule has 1 aromatic rings. The number of primary amides is 1. The second kappa shape index (κ2) is 7.09. The Hall–Kier alpha value is -1.63. The third-order valence-electron chi connectivity index (χ3n) is 3.66. The van der Waals surface area contributed by atoms with Crippen LogP contribution in [0.15, 0.2) is 24.3 Å². The Labute approximate surface area is 134 Å². The monoisotopic (exact) mass is 326 g/mol. The van der Waals surface area contributed by atoms with Gasteiger partial charge < -0.3 is 20.1 Å². The van der Waals surface area contributed by atoms with Crippen LogP contribution in [0.1, 0.15) is 16.8 Å². The Morgan fingerprint density at radius 1 is 1.41 bits per heavy atom. The van der Waals surface area contributed by atoms with E-state index in [0.717, 1.165) is 0 Å². The topological polar surface area (TPSA) is 81.9 Å². The first-order valence-electron chi connectivity index (χ1n) is 6.92. The number of benzene rings is 1. The van der Waals surface area contributed by atoms with E-state index < -0.39 is 11.5 Å². The molecule has 0 bridgehead atoms. The van der Waals surface area contributed by atoms with Gasteiger partial charge in [-0.05, 0) is 24.3 Å². The second-order valence-electron chi connectivity index (χ2n) is 5.32. The summed E-state index contributed by atoms with van der Waals surface area (Å²) in [6.45, 7) is 1.26. The van der Waals surface area contributed by atoms with Gasteiger partial charge in [0, 0.05) is 24.2 Å². The number of amides is 2. The van der Waals surface area contributed by atoms with E-state index in [-0.39, 0.29) is 25.5 Å². The van der Waals surface area contributed by atoms with E-state index in [1.165, 1.54) is 7.11 Å². The highest BCUT2D eigenvalue weighted by atomic mass is 35.5. The molecule has 0 unspecified atom stereocenters. The molecule has 1 aliphatic rings. The van der Waals surface area contributed by atoms with Gasteiger partial charge in [-0.25, -0.2) is 0 Å². The molecule has 1 aromatic carbocycles. The molecule has 0 aromatic heterocycles. The quantitative estimate of drug-likeness (QED) is 0.897. The second-order valence-corrected chi connectivity index (χ2v) is 5.75. The summed E-state index contributed by atoms with van der Waals surface area (Å²) in [6.07, 6.45) is -0.00605. The summed E-state index contributed by atoms with van der Waals surface area (Å²) in [6, 6.07) is 6.66. The van der Waals surface area contributed by atoms with E-state index >= 15 is 0 Å². The van der Waals surface area contributed by atoms with Gasteiger partial charge in [0.1, 0.15) is 5.60 Å². The Kier molecular flexibility index (Phi) is 5.39. The van der Waals surface area contributed by atoms with Gasteiger partial charge in [-0.3, -0.25) is 9.59 Å². The number of nitrogens with two attached hydrogens (primary N) is 1. The minimum absolute atomic E-state index is 0.00605. The van der Waals surface area contributed by atoms with E-state index in [9.17, 15) is 9.59 Å². The van der Waals surface area contributed by atoms with Crippen LogP contribution < -0.4 is 5.73 Å². The van der Waals surface area contributed by atoms with Crippen LogP contribution >= 0.6 is 11.6 Å². The van der Waals surface area contributed by atoms with Crippen molar-refractivity contribution in [1.29, 1.82) is 0 Å². The van der Waals surface area contributed by atoms with Crippen LogP contribution in [0.2, 0.25) is 5.02 Å². The number of carbonyl (C=O) groups excluding carboxylic acids is 2. The van der Waals surface area contributed by atoms with E-state index in [1.54, 1.807) is 29.2 Å². The lowest BCUT2D eigenvalue weighted by Gasteiger charge is -2.33. The van der Waals surface area contributed by atoms with Crippen molar-refractivity contribution in [2.24, 2.45) is 5.73 Å². The summed E-state index contributed by atoms with van der Waals surface area (Å²) in [5.41, 5.74) is 4.90. The Morgan fingerprint density at radius 2 is 2.09 bits per heavy atom. The van der Waals surface area contributed by atoms with Crippen LogP contribution in [0.3, 0.4) is 0 Å².